The van der Waals surface area contributed by atoms with E-state index in [9.17, 15) is 14.9 Å². The van der Waals surface area contributed by atoms with Gasteiger partial charge in [-0.05, 0) is 19.8 Å². The highest BCUT2D eigenvalue weighted by molar-refractivity contribution is 6.31. The number of rotatable bonds is 7. The number of carbonyl (C=O) groups excluding carboxylic acids is 1. The molecule has 1 heterocycles. The van der Waals surface area contributed by atoms with E-state index in [-0.39, 0.29) is 17.7 Å². The molecular formula is C17H23ClN2O5. The molecule has 1 unspecified atom stereocenters. The largest absolute Gasteiger partial charge is 0.493 e. The Kier molecular flexibility index (Phi) is 6.87. The quantitative estimate of drug-likeness (QED) is 0.408. The molecule has 0 aliphatic carbocycles. The van der Waals surface area contributed by atoms with E-state index >= 15 is 0 Å². The summed E-state index contributed by atoms with van der Waals surface area (Å²) >= 11 is 6.03. The number of benzene rings is 1. The van der Waals surface area contributed by atoms with Crippen LogP contribution < -0.4 is 4.74 Å². The Bertz CT molecular complexity index is 638. The van der Waals surface area contributed by atoms with Crippen molar-refractivity contribution in [2.75, 3.05) is 26.3 Å². The van der Waals surface area contributed by atoms with Gasteiger partial charge < -0.3 is 14.4 Å². The third-order valence-corrected chi connectivity index (χ3v) is 4.63. The number of nitro benzene ring substituents is 1. The lowest BCUT2D eigenvalue weighted by molar-refractivity contribution is -0.384. The van der Waals surface area contributed by atoms with Crippen molar-refractivity contribution in [1.82, 2.24) is 4.90 Å². The second-order valence-electron chi connectivity index (χ2n) is 6.19. The second-order valence-corrected chi connectivity index (χ2v) is 6.59. The van der Waals surface area contributed by atoms with Crippen molar-refractivity contribution in [2.24, 2.45) is 5.92 Å². The number of non-ortho nitro benzene ring substituents is 1. The third-order valence-electron chi connectivity index (χ3n) is 4.23. The van der Waals surface area contributed by atoms with Gasteiger partial charge in [0.2, 0.25) is 0 Å². The van der Waals surface area contributed by atoms with Crippen molar-refractivity contribution in [3.05, 3.63) is 32.8 Å². The number of unbranched alkanes of at least 4 members (excludes halogenated alkanes) is 1. The van der Waals surface area contributed by atoms with Crippen LogP contribution in [0.1, 0.15) is 31.7 Å². The van der Waals surface area contributed by atoms with Crippen molar-refractivity contribution in [2.45, 2.75) is 33.1 Å². The van der Waals surface area contributed by atoms with E-state index in [0.29, 0.717) is 42.6 Å². The lowest BCUT2D eigenvalue weighted by atomic mass is 10.1. The zero-order valence-corrected chi connectivity index (χ0v) is 15.3. The molecule has 0 saturated carbocycles. The highest BCUT2D eigenvalue weighted by atomic mass is 35.5. The Balaban J connectivity index is 1.88. The Labute approximate surface area is 152 Å². The van der Waals surface area contributed by atoms with Gasteiger partial charge in [-0.25, -0.2) is 4.79 Å². The molecule has 1 atom stereocenters. The molecule has 0 spiro atoms. The molecule has 8 heteroatoms. The molecule has 1 saturated heterocycles. The van der Waals surface area contributed by atoms with Crippen LogP contribution in [-0.2, 0) is 4.74 Å². The monoisotopic (exact) mass is 370 g/mol. The first-order chi connectivity index (χ1) is 11.9. The van der Waals surface area contributed by atoms with Gasteiger partial charge in [0.1, 0.15) is 5.75 Å². The Hall–Kier alpha value is -2.02. The van der Waals surface area contributed by atoms with Crippen LogP contribution in [0.15, 0.2) is 12.1 Å². The summed E-state index contributed by atoms with van der Waals surface area (Å²) in [7, 11) is 0. The number of carbonyl (C=O) groups is 1. The molecule has 1 aliphatic rings. The van der Waals surface area contributed by atoms with Gasteiger partial charge >= 0.3 is 6.09 Å². The van der Waals surface area contributed by atoms with Gasteiger partial charge in [-0.3, -0.25) is 10.1 Å². The minimum Gasteiger partial charge on any atom is -0.493 e. The number of likely N-dealkylation sites (tertiary alicyclic amines) is 1. The SMILES string of the molecule is CCCCOC(=O)N1CCC(COc2cc([N+](=O)[O-])cc(Cl)c2C)C1. The Morgan fingerprint density at radius 3 is 2.92 bits per heavy atom. The van der Waals surface area contributed by atoms with Crippen LogP contribution in [0, 0.1) is 23.0 Å². The first-order valence-corrected chi connectivity index (χ1v) is 8.79. The van der Waals surface area contributed by atoms with E-state index in [1.165, 1.54) is 12.1 Å². The van der Waals surface area contributed by atoms with E-state index in [2.05, 4.69) is 0 Å². The summed E-state index contributed by atoms with van der Waals surface area (Å²) in [6.45, 7) is 5.81. The summed E-state index contributed by atoms with van der Waals surface area (Å²) in [6.07, 6.45) is 2.36. The van der Waals surface area contributed by atoms with Gasteiger partial charge in [-0.1, -0.05) is 24.9 Å². The standard InChI is InChI=1S/C17H23ClN2O5/c1-3-4-7-24-17(21)19-6-5-13(10-19)11-25-16-9-14(20(22)23)8-15(18)12(16)2/h8-9,13H,3-7,10-11H2,1-2H3. The normalized spacial score (nSPS) is 16.8. The Morgan fingerprint density at radius 1 is 1.48 bits per heavy atom. The smallest absolute Gasteiger partial charge is 0.409 e. The highest BCUT2D eigenvalue weighted by Crippen LogP contribution is 2.32. The van der Waals surface area contributed by atoms with Crippen LogP contribution in [0.5, 0.6) is 5.75 Å². The molecule has 1 aromatic rings. The molecule has 25 heavy (non-hydrogen) atoms. The fourth-order valence-electron chi connectivity index (χ4n) is 2.63. The summed E-state index contributed by atoms with van der Waals surface area (Å²) < 4.78 is 11.0. The highest BCUT2D eigenvalue weighted by Gasteiger charge is 2.28. The maximum Gasteiger partial charge on any atom is 0.409 e. The predicted molar refractivity (Wildman–Crippen MR) is 94.3 cm³/mol. The van der Waals surface area contributed by atoms with Crippen LogP contribution in [-0.4, -0.2) is 42.2 Å². The average Bonchev–Trinajstić information content (AvgIpc) is 3.05. The molecule has 0 radical (unpaired) electrons. The van der Waals surface area contributed by atoms with Crippen LogP contribution in [0.3, 0.4) is 0 Å². The minimum absolute atomic E-state index is 0.0989. The first-order valence-electron chi connectivity index (χ1n) is 8.41. The zero-order chi connectivity index (χ0) is 18.4. The predicted octanol–water partition coefficient (Wildman–Crippen LogP) is 4.19. The summed E-state index contributed by atoms with van der Waals surface area (Å²) in [4.78, 5) is 24.0. The van der Waals surface area contributed by atoms with Gasteiger partial charge in [0.25, 0.3) is 5.69 Å². The van der Waals surface area contributed by atoms with Gasteiger partial charge in [0, 0.05) is 30.6 Å². The molecule has 1 aromatic carbocycles. The number of nitro groups is 1. The number of amides is 1. The van der Waals surface area contributed by atoms with Crippen molar-refractivity contribution in [3.63, 3.8) is 0 Å². The molecule has 0 aromatic heterocycles. The molecule has 1 amide bonds. The maximum atomic E-state index is 11.9. The van der Waals surface area contributed by atoms with E-state index in [0.717, 1.165) is 19.3 Å². The summed E-state index contributed by atoms with van der Waals surface area (Å²) in [6, 6.07) is 2.69. The second kappa shape index (κ2) is 8.89. The lowest BCUT2D eigenvalue weighted by Gasteiger charge is -2.17. The number of ether oxygens (including phenoxy) is 2. The molecule has 1 fully saturated rings. The number of hydrogen-bond donors (Lipinski definition) is 0. The maximum absolute atomic E-state index is 11.9. The molecule has 138 valence electrons. The van der Waals surface area contributed by atoms with Gasteiger partial charge in [0.05, 0.1) is 29.2 Å². The molecule has 1 aliphatic heterocycles. The van der Waals surface area contributed by atoms with Crippen molar-refractivity contribution in [3.8, 4) is 5.75 Å². The topological polar surface area (TPSA) is 81.9 Å². The molecular weight excluding hydrogens is 348 g/mol. The lowest BCUT2D eigenvalue weighted by Crippen LogP contribution is -2.30. The van der Waals surface area contributed by atoms with Crippen LogP contribution >= 0.6 is 11.6 Å². The van der Waals surface area contributed by atoms with Gasteiger partial charge in [0.15, 0.2) is 0 Å². The summed E-state index contributed by atoms with van der Waals surface area (Å²) in [5.41, 5.74) is 0.569. The molecule has 2 rings (SSSR count). The average molecular weight is 371 g/mol. The van der Waals surface area contributed by atoms with Gasteiger partial charge in [-0.15, -0.1) is 0 Å². The number of hydrogen-bond acceptors (Lipinski definition) is 5. The first kappa shape index (κ1) is 19.3. The number of nitrogens with zero attached hydrogens (tertiary/aromatic N) is 2. The van der Waals surface area contributed by atoms with Crippen molar-refractivity contribution >= 4 is 23.4 Å². The van der Waals surface area contributed by atoms with Gasteiger partial charge in [-0.2, -0.15) is 0 Å². The number of halogens is 1. The van der Waals surface area contributed by atoms with E-state index < -0.39 is 4.92 Å². The van der Waals surface area contributed by atoms with Crippen LogP contribution in [0.4, 0.5) is 10.5 Å². The van der Waals surface area contributed by atoms with E-state index in [4.69, 9.17) is 21.1 Å². The molecule has 7 nitrogen and oxygen atoms in total. The van der Waals surface area contributed by atoms with Crippen molar-refractivity contribution < 1.29 is 19.2 Å². The third kappa shape index (κ3) is 5.22. The van der Waals surface area contributed by atoms with Crippen molar-refractivity contribution in [1.29, 1.82) is 0 Å². The molecule has 0 bridgehead atoms. The summed E-state index contributed by atoms with van der Waals surface area (Å²) in [5, 5.41) is 11.2. The Morgan fingerprint density at radius 2 is 2.24 bits per heavy atom. The zero-order valence-electron chi connectivity index (χ0n) is 14.5. The van der Waals surface area contributed by atoms with Crippen LogP contribution in [0.25, 0.3) is 0 Å². The fourth-order valence-corrected chi connectivity index (χ4v) is 2.84. The minimum atomic E-state index is -0.498. The van der Waals surface area contributed by atoms with Crippen LogP contribution in [0.2, 0.25) is 5.02 Å². The van der Waals surface area contributed by atoms with E-state index in [1.54, 1.807) is 11.8 Å². The van der Waals surface area contributed by atoms with E-state index in [1.807, 2.05) is 6.92 Å². The molecule has 0 N–H and O–H groups in total. The fraction of sp³-hybridized carbons (Fsp3) is 0.588. The summed E-state index contributed by atoms with van der Waals surface area (Å²) in [5.74, 6) is 0.569.